The Morgan fingerprint density at radius 3 is 2.63 bits per heavy atom. The quantitative estimate of drug-likeness (QED) is 0.539. The van der Waals surface area contributed by atoms with Crippen molar-refractivity contribution < 1.29 is 14.7 Å². The number of likely N-dealkylation sites (N-methyl/N-ethyl adjacent to an activating group) is 1. The summed E-state index contributed by atoms with van der Waals surface area (Å²) in [5, 5.41) is 14.7. The van der Waals surface area contributed by atoms with Crippen molar-refractivity contribution >= 4 is 12.0 Å². The molecule has 1 saturated heterocycles. The molecule has 1 aliphatic heterocycles. The van der Waals surface area contributed by atoms with E-state index in [0.29, 0.717) is 13.1 Å². The molecule has 0 bridgehead atoms. The maximum Gasteiger partial charge on any atom is 0.323 e. The van der Waals surface area contributed by atoms with Crippen LogP contribution in [0, 0.1) is 0 Å². The highest BCUT2D eigenvalue weighted by molar-refractivity contribution is 5.79. The van der Waals surface area contributed by atoms with E-state index in [1.807, 2.05) is 0 Å². The van der Waals surface area contributed by atoms with Crippen LogP contribution in [0.1, 0.15) is 13.3 Å². The van der Waals surface area contributed by atoms with Crippen molar-refractivity contribution in [2.45, 2.75) is 13.3 Å². The average molecular weight is 272 g/mol. The van der Waals surface area contributed by atoms with Gasteiger partial charge in [0.05, 0.1) is 0 Å². The maximum absolute atomic E-state index is 11.7. The number of carbonyl (C=O) groups is 2. The van der Waals surface area contributed by atoms with Gasteiger partial charge in [0.25, 0.3) is 0 Å². The van der Waals surface area contributed by atoms with Crippen LogP contribution < -0.4 is 10.6 Å². The van der Waals surface area contributed by atoms with Gasteiger partial charge in [0.15, 0.2) is 0 Å². The normalized spacial score (nSPS) is 16.1. The summed E-state index contributed by atoms with van der Waals surface area (Å²) in [6, 6.07) is -0.301. The molecular weight excluding hydrogens is 248 g/mol. The van der Waals surface area contributed by atoms with Gasteiger partial charge in [-0.1, -0.05) is 0 Å². The molecule has 0 aromatic heterocycles. The van der Waals surface area contributed by atoms with Gasteiger partial charge in [-0.25, -0.2) is 4.79 Å². The molecule has 0 atom stereocenters. The number of piperazine rings is 1. The molecule has 7 nitrogen and oxygen atoms in total. The number of carboxylic acid groups (broad SMARTS) is 1. The van der Waals surface area contributed by atoms with Gasteiger partial charge >= 0.3 is 12.0 Å². The fourth-order valence-electron chi connectivity index (χ4n) is 2.04. The van der Waals surface area contributed by atoms with Crippen LogP contribution in [-0.4, -0.2) is 79.3 Å². The number of hydrogen-bond donors (Lipinski definition) is 3. The summed E-state index contributed by atoms with van der Waals surface area (Å²) >= 11 is 0. The monoisotopic (exact) mass is 272 g/mol. The average Bonchev–Trinajstić information content (AvgIpc) is 2.41. The lowest BCUT2D eigenvalue weighted by Crippen LogP contribution is -2.45. The summed E-state index contributed by atoms with van der Waals surface area (Å²) in [5.74, 6) is -0.988. The Balaban J connectivity index is 2.13. The van der Waals surface area contributed by atoms with Crippen LogP contribution in [0.15, 0.2) is 0 Å². The van der Waals surface area contributed by atoms with Crippen LogP contribution in [0.3, 0.4) is 0 Å². The van der Waals surface area contributed by atoms with Gasteiger partial charge in [-0.2, -0.15) is 0 Å². The fourth-order valence-corrected chi connectivity index (χ4v) is 2.04. The van der Waals surface area contributed by atoms with Crippen molar-refractivity contribution in [3.63, 3.8) is 0 Å². The molecular formula is C12H24N4O3. The highest BCUT2D eigenvalue weighted by Crippen LogP contribution is 1.94. The molecule has 0 radical (unpaired) electrons. The summed E-state index contributed by atoms with van der Waals surface area (Å²) < 4.78 is 0. The summed E-state index contributed by atoms with van der Waals surface area (Å²) in [5.41, 5.74) is 0. The first-order valence-electron chi connectivity index (χ1n) is 6.81. The molecule has 1 heterocycles. The number of carbonyl (C=O) groups excluding carboxylic acids is 1. The second-order valence-corrected chi connectivity index (χ2v) is 4.59. The summed E-state index contributed by atoms with van der Waals surface area (Å²) in [6.07, 6.45) is 0.885. The van der Waals surface area contributed by atoms with Crippen molar-refractivity contribution in [2.75, 3.05) is 52.4 Å². The highest BCUT2D eigenvalue weighted by Gasteiger charge is 2.14. The zero-order valence-corrected chi connectivity index (χ0v) is 11.5. The Bertz CT molecular complexity index is 293. The predicted octanol–water partition coefficient (Wildman–Crippen LogP) is -0.602. The van der Waals surface area contributed by atoms with E-state index in [1.54, 1.807) is 6.92 Å². The number of nitrogens with one attached hydrogen (secondary N) is 2. The third-order valence-corrected chi connectivity index (χ3v) is 3.13. The summed E-state index contributed by atoms with van der Waals surface area (Å²) in [7, 11) is 0. The topological polar surface area (TPSA) is 84.9 Å². The van der Waals surface area contributed by atoms with Gasteiger partial charge in [0.1, 0.15) is 6.54 Å². The van der Waals surface area contributed by atoms with Gasteiger partial charge in [-0.15, -0.1) is 0 Å². The number of rotatable bonds is 7. The Morgan fingerprint density at radius 1 is 1.37 bits per heavy atom. The van der Waals surface area contributed by atoms with E-state index < -0.39 is 5.97 Å². The fraction of sp³-hybridized carbons (Fsp3) is 0.833. The molecule has 2 amide bonds. The van der Waals surface area contributed by atoms with Crippen molar-refractivity contribution in [3.05, 3.63) is 0 Å². The molecule has 0 aromatic rings. The molecule has 0 saturated carbocycles. The Kier molecular flexibility index (Phi) is 7.20. The minimum Gasteiger partial charge on any atom is -0.480 e. The van der Waals surface area contributed by atoms with Crippen LogP contribution >= 0.6 is 0 Å². The first-order valence-corrected chi connectivity index (χ1v) is 6.81. The molecule has 0 aromatic carbocycles. The largest absolute Gasteiger partial charge is 0.480 e. The van der Waals surface area contributed by atoms with Crippen LogP contribution in [0.25, 0.3) is 0 Å². The SMILES string of the molecule is CCN(CC(=O)O)C(=O)NCCCN1CCNCC1. The van der Waals surface area contributed by atoms with Crippen LogP contribution in [0.2, 0.25) is 0 Å². The second-order valence-electron chi connectivity index (χ2n) is 4.59. The van der Waals surface area contributed by atoms with E-state index >= 15 is 0 Å². The summed E-state index contributed by atoms with van der Waals surface area (Å²) in [6.45, 7) is 7.61. The zero-order valence-electron chi connectivity index (χ0n) is 11.5. The molecule has 110 valence electrons. The molecule has 0 spiro atoms. The van der Waals surface area contributed by atoms with Crippen LogP contribution in [0.5, 0.6) is 0 Å². The molecule has 3 N–H and O–H groups in total. The lowest BCUT2D eigenvalue weighted by atomic mass is 10.3. The third kappa shape index (κ3) is 6.40. The van der Waals surface area contributed by atoms with Gasteiger partial charge < -0.3 is 25.5 Å². The first-order chi connectivity index (χ1) is 9.13. The Morgan fingerprint density at radius 2 is 2.05 bits per heavy atom. The Labute approximate surface area is 113 Å². The number of carboxylic acids is 1. The molecule has 7 heteroatoms. The molecule has 1 rings (SSSR count). The molecule has 19 heavy (non-hydrogen) atoms. The van der Waals surface area contributed by atoms with E-state index in [4.69, 9.17) is 5.11 Å². The Hall–Kier alpha value is -1.34. The maximum atomic E-state index is 11.7. The standard InChI is InChI=1S/C12H24N4O3/c1-2-16(10-11(17)18)12(19)14-4-3-7-15-8-5-13-6-9-15/h13H,2-10H2,1H3,(H,14,19)(H,17,18). The zero-order chi connectivity index (χ0) is 14.1. The van der Waals surface area contributed by atoms with Gasteiger partial charge in [-0.05, 0) is 19.9 Å². The smallest absolute Gasteiger partial charge is 0.323 e. The number of amides is 2. The predicted molar refractivity (Wildman–Crippen MR) is 72.2 cm³/mol. The molecule has 0 aliphatic carbocycles. The van der Waals surface area contributed by atoms with Crippen LogP contribution in [-0.2, 0) is 4.79 Å². The van der Waals surface area contributed by atoms with Crippen molar-refractivity contribution in [1.82, 2.24) is 20.4 Å². The van der Waals surface area contributed by atoms with E-state index in [9.17, 15) is 9.59 Å². The number of urea groups is 1. The van der Waals surface area contributed by atoms with Crippen molar-refractivity contribution in [2.24, 2.45) is 0 Å². The van der Waals surface area contributed by atoms with E-state index in [1.165, 1.54) is 4.90 Å². The molecule has 0 unspecified atom stereocenters. The van der Waals surface area contributed by atoms with Gasteiger partial charge in [-0.3, -0.25) is 4.79 Å². The summed E-state index contributed by atoms with van der Waals surface area (Å²) in [4.78, 5) is 25.9. The molecule has 1 fully saturated rings. The number of hydrogen-bond acceptors (Lipinski definition) is 4. The first kappa shape index (κ1) is 15.7. The third-order valence-electron chi connectivity index (χ3n) is 3.13. The van der Waals surface area contributed by atoms with Gasteiger partial charge in [0, 0.05) is 39.3 Å². The minimum absolute atomic E-state index is 0.250. The number of nitrogens with zero attached hydrogens (tertiary/aromatic N) is 2. The lowest BCUT2D eigenvalue weighted by molar-refractivity contribution is -0.137. The van der Waals surface area contributed by atoms with Crippen LogP contribution in [0.4, 0.5) is 4.79 Å². The lowest BCUT2D eigenvalue weighted by Gasteiger charge is -2.27. The molecule has 1 aliphatic rings. The van der Waals surface area contributed by atoms with Crippen molar-refractivity contribution in [1.29, 1.82) is 0 Å². The van der Waals surface area contributed by atoms with E-state index in [2.05, 4.69) is 15.5 Å². The number of aliphatic carboxylic acids is 1. The van der Waals surface area contributed by atoms with Crippen molar-refractivity contribution in [3.8, 4) is 0 Å². The minimum atomic E-state index is -0.988. The van der Waals surface area contributed by atoms with Gasteiger partial charge in [0.2, 0.25) is 0 Å². The van der Waals surface area contributed by atoms with E-state index in [-0.39, 0.29) is 12.6 Å². The second kappa shape index (κ2) is 8.71. The highest BCUT2D eigenvalue weighted by atomic mass is 16.4. The van der Waals surface area contributed by atoms with E-state index in [0.717, 1.165) is 39.1 Å².